The Hall–Kier alpha value is -2.58. The van der Waals surface area contributed by atoms with Crippen molar-refractivity contribution < 1.29 is 19.8 Å². The molecule has 1 amide bonds. The topological polar surface area (TPSA) is 116 Å². The number of anilines is 1. The molecule has 0 spiro atoms. The maximum atomic E-state index is 12.2. The highest BCUT2D eigenvalue weighted by Crippen LogP contribution is 2.30. The number of carbonyl (C=O) groups is 2. The summed E-state index contributed by atoms with van der Waals surface area (Å²) in [5.74, 6) is -1.48. The Kier molecular flexibility index (Phi) is 6.99. The van der Waals surface area contributed by atoms with Crippen LogP contribution in [0.5, 0.6) is 5.75 Å². The van der Waals surface area contributed by atoms with Gasteiger partial charge >= 0.3 is 5.97 Å². The number of rotatable bonds is 6. The molecule has 0 radical (unpaired) electrons. The van der Waals surface area contributed by atoms with Crippen molar-refractivity contribution in [2.24, 2.45) is 5.92 Å². The van der Waals surface area contributed by atoms with Crippen LogP contribution in [0.4, 0.5) is 5.69 Å². The third-order valence-electron chi connectivity index (χ3n) is 5.07. The van der Waals surface area contributed by atoms with Crippen molar-refractivity contribution in [1.82, 2.24) is 15.3 Å². The summed E-state index contributed by atoms with van der Waals surface area (Å²) in [5.41, 5.74) is 1.11. The van der Waals surface area contributed by atoms with Crippen molar-refractivity contribution in [2.75, 3.05) is 24.5 Å². The number of carboxylic acid groups (broad SMARTS) is 1. The first-order valence-electron chi connectivity index (χ1n) is 9.51. The zero-order chi connectivity index (χ0) is 21.8. The SMILES string of the molecule is Cc1nc(CC2CCN(c3ccc(Cl)c(Cl)c3)CC2)nc(C(=O)NCC(=O)O)c1O. The number of nitrogens with one attached hydrogen (secondary N) is 1. The minimum Gasteiger partial charge on any atom is -0.504 e. The van der Waals surface area contributed by atoms with E-state index < -0.39 is 18.4 Å². The summed E-state index contributed by atoms with van der Waals surface area (Å²) < 4.78 is 0. The number of amides is 1. The standard InChI is InChI=1S/C20H22Cl2N4O4/c1-11-19(29)18(20(30)23-10-17(27)28)25-16(24-11)8-12-4-6-26(7-5-12)13-2-3-14(21)15(22)9-13/h2-3,9,12,29H,4-8,10H2,1H3,(H,23,30)(H,27,28). The Morgan fingerprint density at radius 2 is 1.90 bits per heavy atom. The van der Waals surface area contributed by atoms with Gasteiger partial charge < -0.3 is 20.4 Å². The summed E-state index contributed by atoms with van der Waals surface area (Å²) in [6.45, 7) is 2.71. The average molecular weight is 453 g/mol. The smallest absolute Gasteiger partial charge is 0.322 e. The van der Waals surface area contributed by atoms with Crippen LogP contribution in [-0.4, -0.2) is 51.7 Å². The van der Waals surface area contributed by atoms with E-state index in [9.17, 15) is 14.7 Å². The molecule has 1 aromatic carbocycles. The molecule has 0 atom stereocenters. The van der Waals surface area contributed by atoms with E-state index in [0.717, 1.165) is 31.6 Å². The van der Waals surface area contributed by atoms with Crippen LogP contribution in [0.25, 0.3) is 0 Å². The van der Waals surface area contributed by atoms with Crippen molar-refractivity contribution in [3.8, 4) is 5.75 Å². The summed E-state index contributed by atoms with van der Waals surface area (Å²) in [6, 6.07) is 5.59. The zero-order valence-corrected chi connectivity index (χ0v) is 17.9. The van der Waals surface area contributed by atoms with E-state index in [1.54, 1.807) is 13.0 Å². The molecule has 0 aliphatic carbocycles. The number of halogens is 2. The molecule has 0 saturated carbocycles. The van der Waals surface area contributed by atoms with Crippen molar-refractivity contribution in [3.05, 3.63) is 45.5 Å². The van der Waals surface area contributed by atoms with Crippen LogP contribution in [-0.2, 0) is 11.2 Å². The van der Waals surface area contributed by atoms with Gasteiger partial charge in [0.2, 0.25) is 0 Å². The van der Waals surface area contributed by atoms with Crippen LogP contribution in [0.3, 0.4) is 0 Å². The van der Waals surface area contributed by atoms with Gasteiger partial charge in [-0.15, -0.1) is 0 Å². The number of hydrogen-bond donors (Lipinski definition) is 3. The van der Waals surface area contributed by atoms with Gasteiger partial charge in [0.1, 0.15) is 12.4 Å². The lowest BCUT2D eigenvalue weighted by atomic mass is 9.93. The molecule has 3 rings (SSSR count). The highest BCUT2D eigenvalue weighted by atomic mass is 35.5. The second-order valence-electron chi connectivity index (χ2n) is 7.23. The monoisotopic (exact) mass is 452 g/mol. The number of carboxylic acids is 1. The highest BCUT2D eigenvalue weighted by Gasteiger charge is 2.23. The number of piperidine rings is 1. The highest BCUT2D eigenvalue weighted by molar-refractivity contribution is 6.42. The molecule has 3 N–H and O–H groups in total. The maximum absolute atomic E-state index is 12.2. The van der Waals surface area contributed by atoms with E-state index in [0.29, 0.717) is 28.2 Å². The summed E-state index contributed by atoms with van der Waals surface area (Å²) in [4.78, 5) is 33.6. The van der Waals surface area contributed by atoms with Gasteiger partial charge in [-0.25, -0.2) is 9.97 Å². The molecule has 8 nitrogen and oxygen atoms in total. The summed E-state index contributed by atoms with van der Waals surface area (Å²) in [5, 5.41) is 22.1. The number of aromatic hydroxyl groups is 1. The number of aryl methyl sites for hydroxylation is 1. The lowest BCUT2D eigenvalue weighted by molar-refractivity contribution is -0.135. The normalized spacial score (nSPS) is 14.6. The third-order valence-corrected chi connectivity index (χ3v) is 5.81. The van der Waals surface area contributed by atoms with Crippen LogP contribution < -0.4 is 10.2 Å². The Morgan fingerprint density at radius 1 is 1.20 bits per heavy atom. The van der Waals surface area contributed by atoms with Crippen LogP contribution in [0.15, 0.2) is 18.2 Å². The van der Waals surface area contributed by atoms with E-state index in [1.807, 2.05) is 12.1 Å². The first-order valence-corrected chi connectivity index (χ1v) is 10.3. The Labute approximate surface area is 183 Å². The Morgan fingerprint density at radius 3 is 2.53 bits per heavy atom. The molecule has 160 valence electrons. The molecule has 1 fully saturated rings. The second kappa shape index (κ2) is 9.49. The van der Waals surface area contributed by atoms with Crippen LogP contribution >= 0.6 is 23.2 Å². The lowest BCUT2D eigenvalue weighted by Crippen LogP contribution is -2.34. The molecule has 0 bridgehead atoms. The number of nitrogens with zero attached hydrogens (tertiary/aromatic N) is 3. The molecule has 1 saturated heterocycles. The summed E-state index contributed by atoms with van der Waals surface area (Å²) in [7, 11) is 0. The fourth-order valence-electron chi connectivity index (χ4n) is 3.45. The minimum atomic E-state index is -1.18. The number of hydrogen-bond acceptors (Lipinski definition) is 6. The molecule has 30 heavy (non-hydrogen) atoms. The quantitative estimate of drug-likeness (QED) is 0.616. The predicted octanol–water partition coefficient (Wildman–Crippen LogP) is 3.07. The van der Waals surface area contributed by atoms with Crippen LogP contribution in [0, 0.1) is 12.8 Å². The van der Waals surface area contributed by atoms with Gasteiger partial charge in [0.15, 0.2) is 11.4 Å². The van der Waals surface area contributed by atoms with E-state index >= 15 is 0 Å². The van der Waals surface area contributed by atoms with Crippen molar-refractivity contribution in [1.29, 1.82) is 0 Å². The van der Waals surface area contributed by atoms with Gasteiger partial charge in [-0.2, -0.15) is 0 Å². The lowest BCUT2D eigenvalue weighted by Gasteiger charge is -2.33. The molecule has 0 unspecified atom stereocenters. The van der Waals surface area contributed by atoms with Gasteiger partial charge in [-0.1, -0.05) is 23.2 Å². The van der Waals surface area contributed by atoms with E-state index in [4.69, 9.17) is 28.3 Å². The number of aromatic nitrogens is 2. The number of benzene rings is 1. The predicted molar refractivity (Wildman–Crippen MR) is 114 cm³/mol. The number of carbonyl (C=O) groups excluding carboxylic acids is 1. The Balaban J connectivity index is 1.65. The first-order chi connectivity index (χ1) is 14.2. The van der Waals surface area contributed by atoms with E-state index in [1.165, 1.54) is 0 Å². The molecule has 1 aliphatic heterocycles. The Bertz CT molecular complexity index is 962. The van der Waals surface area contributed by atoms with Gasteiger partial charge in [-0.3, -0.25) is 9.59 Å². The largest absolute Gasteiger partial charge is 0.504 e. The van der Waals surface area contributed by atoms with E-state index in [-0.39, 0.29) is 17.1 Å². The molecule has 1 aromatic heterocycles. The molecular formula is C20H22Cl2N4O4. The summed E-state index contributed by atoms with van der Waals surface area (Å²) in [6.07, 6.45) is 2.38. The minimum absolute atomic E-state index is 0.202. The fraction of sp³-hybridized carbons (Fsp3) is 0.400. The fourth-order valence-corrected chi connectivity index (χ4v) is 3.74. The molecule has 2 heterocycles. The molecule has 1 aliphatic rings. The van der Waals surface area contributed by atoms with Gasteiger partial charge in [-0.05, 0) is 43.9 Å². The summed E-state index contributed by atoms with van der Waals surface area (Å²) >= 11 is 12.1. The van der Waals surface area contributed by atoms with E-state index in [2.05, 4.69) is 20.2 Å². The molecule has 2 aromatic rings. The van der Waals surface area contributed by atoms with Crippen molar-refractivity contribution in [2.45, 2.75) is 26.2 Å². The third kappa shape index (κ3) is 5.31. The maximum Gasteiger partial charge on any atom is 0.322 e. The van der Waals surface area contributed by atoms with Crippen molar-refractivity contribution in [3.63, 3.8) is 0 Å². The first kappa shape index (κ1) is 22.1. The van der Waals surface area contributed by atoms with Gasteiger partial charge in [0.05, 0.1) is 15.7 Å². The zero-order valence-electron chi connectivity index (χ0n) is 16.4. The van der Waals surface area contributed by atoms with Gasteiger partial charge in [0.25, 0.3) is 5.91 Å². The molecular weight excluding hydrogens is 431 g/mol. The van der Waals surface area contributed by atoms with Crippen LogP contribution in [0.1, 0.15) is 34.8 Å². The number of aliphatic carboxylic acids is 1. The van der Waals surface area contributed by atoms with Crippen LogP contribution in [0.2, 0.25) is 10.0 Å². The second-order valence-corrected chi connectivity index (χ2v) is 8.05. The molecule has 10 heteroatoms. The van der Waals surface area contributed by atoms with Gasteiger partial charge in [0, 0.05) is 25.2 Å². The average Bonchev–Trinajstić information content (AvgIpc) is 2.71. The van der Waals surface area contributed by atoms with Crippen molar-refractivity contribution >= 4 is 40.8 Å².